The van der Waals surface area contributed by atoms with Crippen LogP contribution in [0.2, 0.25) is 0 Å². The maximum Gasteiger partial charge on any atom is 0.328 e. The fourth-order valence-corrected chi connectivity index (χ4v) is 2.34. The molecule has 19 heavy (non-hydrogen) atoms. The number of H-pyrrole nitrogens is 1. The van der Waals surface area contributed by atoms with Crippen LogP contribution in [0.4, 0.5) is 0 Å². The van der Waals surface area contributed by atoms with Gasteiger partial charge in [0.25, 0.3) is 5.56 Å². The molecular formula is C13H15N3O3. The van der Waals surface area contributed by atoms with Crippen molar-refractivity contribution >= 4 is 10.9 Å². The summed E-state index contributed by atoms with van der Waals surface area (Å²) in [7, 11) is 1.51. The standard InChI is InChI=1S/C13H15N3O3/c1-19-10-4-2-3-9-11(10)12(17)16(13(18)15-9)7-8-5-14-6-8/h2-4,8,14H,5-7H2,1H3,(H,15,18). The number of hydrogen-bond donors (Lipinski definition) is 2. The second-order valence-corrected chi connectivity index (χ2v) is 4.75. The summed E-state index contributed by atoms with van der Waals surface area (Å²) in [5.41, 5.74) is -0.141. The van der Waals surface area contributed by atoms with Gasteiger partial charge in [-0.15, -0.1) is 0 Å². The zero-order valence-corrected chi connectivity index (χ0v) is 10.6. The molecular weight excluding hydrogens is 246 g/mol. The van der Waals surface area contributed by atoms with Gasteiger partial charge in [-0.3, -0.25) is 9.36 Å². The normalized spacial score (nSPS) is 15.4. The first-order chi connectivity index (χ1) is 9.20. The second kappa shape index (κ2) is 4.55. The number of nitrogens with zero attached hydrogens (tertiary/aromatic N) is 1. The maximum absolute atomic E-state index is 12.4. The number of aromatic nitrogens is 2. The van der Waals surface area contributed by atoms with Crippen molar-refractivity contribution in [3.8, 4) is 5.75 Å². The van der Waals surface area contributed by atoms with Crippen LogP contribution in [0.5, 0.6) is 5.75 Å². The van der Waals surface area contributed by atoms with Crippen molar-refractivity contribution in [3.05, 3.63) is 39.0 Å². The molecule has 1 aliphatic heterocycles. The Labute approximate surface area is 109 Å². The molecule has 0 radical (unpaired) electrons. The average molecular weight is 261 g/mol. The molecule has 2 N–H and O–H groups in total. The Balaban J connectivity index is 2.22. The summed E-state index contributed by atoms with van der Waals surface area (Å²) in [4.78, 5) is 27.2. The molecule has 0 bridgehead atoms. The van der Waals surface area contributed by atoms with E-state index in [-0.39, 0.29) is 11.2 Å². The minimum Gasteiger partial charge on any atom is -0.496 e. The van der Waals surface area contributed by atoms with Crippen LogP contribution < -0.4 is 21.3 Å². The molecule has 0 atom stereocenters. The van der Waals surface area contributed by atoms with Gasteiger partial charge in [0.1, 0.15) is 11.1 Å². The van der Waals surface area contributed by atoms with E-state index in [1.807, 2.05) is 0 Å². The van der Waals surface area contributed by atoms with Crippen molar-refractivity contribution in [2.24, 2.45) is 5.92 Å². The van der Waals surface area contributed by atoms with Crippen LogP contribution in [0.25, 0.3) is 10.9 Å². The van der Waals surface area contributed by atoms with E-state index in [2.05, 4.69) is 10.3 Å². The number of nitrogens with one attached hydrogen (secondary N) is 2. The SMILES string of the molecule is COc1cccc2[nH]c(=O)n(CC3CNC3)c(=O)c12. The molecule has 0 spiro atoms. The smallest absolute Gasteiger partial charge is 0.328 e. The zero-order valence-electron chi connectivity index (χ0n) is 10.6. The van der Waals surface area contributed by atoms with Gasteiger partial charge in [0.05, 0.1) is 12.6 Å². The summed E-state index contributed by atoms with van der Waals surface area (Å²) in [6, 6.07) is 5.17. The number of ether oxygens (including phenoxy) is 1. The molecule has 2 aromatic rings. The third-order valence-corrected chi connectivity index (χ3v) is 3.50. The van der Waals surface area contributed by atoms with Gasteiger partial charge in [0.2, 0.25) is 0 Å². The molecule has 0 amide bonds. The zero-order chi connectivity index (χ0) is 13.4. The van der Waals surface area contributed by atoms with Crippen LogP contribution in [0.1, 0.15) is 0 Å². The van der Waals surface area contributed by atoms with E-state index in [4.69, 9.17) is 4.74 Å². The molecule has 6 nitrogen and oxygen atoms in total. The Morgan fingerprint density at radius 3 is 2.79 bits per heavy atom. The van der Waals surface area contributed by atoms with Crippen molar-refractivity contribution in [1.82, 2.24) is 14.9 Å². The summed E-state index contributed by atoms with van der Waals surface area (Å²) < 4.78 is 6.46. The van der Waals surface area contributed by atoms with Gasteiger partial charge in [-0.05, 0) is 12.1 Å². The third kappa shape index (κ3) is 1.94. The molecule has 1 aromatic heterocycles. The molecule has 0 unspecified atom stereocenters. The van der Waals surface area contributed by atoms with E-state index in [0.717, 1.165) is 13.1 Å². The number of rotatable bonds is 3. The number of fused-ring (bicyclic) bond motifs is 1. The first-order valence-corrected chi connectivity index (χ1v) is 6.21. The van der Waals surface area contributed by atoms with E-state index < -0.39 is 0 Å². The molecule has 1 fully saturated rings. The summed E-state index contributed by atoms with van der Waals surface area (Å²) in [6.07, 6.45) is 0. The molecule has 0 saturated carbocycles. The van der Waals surface area contributed by atoms with Crippen LogP contribution in [0, 0.1) is 5.92 Å². The lowest BCUT2D eigenvalue weighted by Gasteiger charge is -2.27. The van der Waals surface area contributed by atoms with E-state index in [1.54, 1.807) is 18.2 Å². The highest BCUT2D eigenvalue weighted by Gasteiger charge is 2.20. The Morgan fingerprint density at radius 2 is 2.16 bits per heavy atom. The third-order valence-electron chi connectivity index (χ3n) is 3.50. The van der Waals surface area contributed by atoms with Crippen molar-refractivity contribution in [3.63, 3.8) is 0 Å². The topological polar surface area (TPSA) is 76.1 Å². The Hall–Kier alpha value is -2.08. The first kappa shape index (κ1) is 12.0. The predicted molar refractivity (Wildman–Crippen MR) is 71.7 cm³/mol. The highest BCUT2D eigenvalue weighted by Crippen LogP contribution is 2.19. The van der Waals surface area contributed by atoms with Gasteiger partial charge < -0.3 is 15.0 Å². The lowest BCUT2D eigenvalue weighted by molar-refractivity contribution is 0.299. The van der Waals surface area contributed by atoms with E-state index in [9.17, 15) is 9.59 Å². The lowest BCUT2D eigenvalue weighted by Crippen LogP contribution is -2.48. The number of aromatic amines is 1. The fourth-order valence-electron chi connectivity index (χ4n) is 2.34. The molecule has 0 aliphatic carbocycles. The fraction of sp³-hybridized carbons (Fsp3) is 0.385. The first-order valence-electron chi connectivity index (χ1n) is 6.21. The van der Waals surface area contributed by atoms with Gasteiger partial charge in [0.15, 0.2) is 0 Å². The van der Waals surface area contributed by atoms with E-state index in [0.29, 0.717) is 29.1 Å². The van der Waals surface area contributed by atoms with Crippen molar-refractivity contribution in [1.29, 1.82) is 0 Å². The summed E-state index contributed by atoms with van der Waals surface area (Å²) in [5, 5.41) is 3.56. The lowest BCUT2D eigenvalue weighted by atomic mass is 10.0. The molecule has 1 saturated heterocycles. The van der Waals surface area contributed by atoms with Crippen LogP contribution in [-0.2, 0) is 6.54 Å². The summed E-state index contributed by atoms with van der Waals surface area (Å²) in [6.45, 7) is 2.13. The van der Waals surface area contributed by atoms with Crippen LogP contribution in [0.15, 0.2) is 27.8 Å². The van der Waals surface area contributed by atoms with Gasteiger partial charge >= 0.3 is 5.69 Å². The molecule has 3 rings (SSSR count). The van der Waals surface area contributed by atoms with E-state index >= 15 is 0 Å². The molecule has 1 aromatic carbocycles. The largest absolute Gasteiger partial charge is 0.496 e. The minimum atomic E-state index is -0.363. The quantitative estimate of drug-likeness (QED) is 0.810. The molecule has 6 heteroatoms. The van der Waals surface area contributed by atoms with Crippen LogP contribution in [0.3, 0.4) is 0 Å². The number of methoxy groups -OCH3 is 1. The van der Waals surface area contributed by atoms with Crippen LogP contribution >= 0.6 is 0 Å². The van der Waals surface area contributed by atoms with Crippen molar-refractivity contribution in [2.45, 2.75) is 6.54 Å². The van der Waals surface area contributed by atoms with Gasteiger partial charge in [-0.2, -0.15) is 0 Å². The average Bonchev–Trinajstić information content (AvgIpc) is 2.35. The van der Waals surface area contributed by atoms with Crippen molar-refractivity contribution in [2.75, 3.05) is 20.2 Å². The van der Waals surface area contributed by atoms with Gasteiger partial charge in [-0.25, -0.2) is 4.79 Å². The minimum absolute atomic E-state index is 0.289. The van der Waals surface area contributed by atoms with Crippen molar-refractivity contribution < 1.29 is 4.74 Å². The number of hydrogen-bond acceptors (Lipinski definition) is 4. The van der Waals surface area contributed by atoms with Crippen LogP contribution in [-0.4, -0.2) is 29.8 Å². The highest BCUT2D eigenvalue weighted by atomic mass is 16.5. The Morgan fingerprint density at radius 1 is 1.37 bits per heavy atom. The van der Waals surface area contributed by atoms with Gasteiger partial charge in [-0.1, -0.05) is 6.07 Å². The summed E-state index contributed by atoms with van der Waals surface area (Å²) in [5.74, 6) is 0.824. The maximum atomic E-state index is 12.4. The number of benzene rings is 1. The molecule has 2 heterocycles. The monoisotopic (exact) mass is 261 g/mol. The Kier molecular flexibility index (Phi) is 2.87. The predicted octanol–water partition coefficient (Wildman–Crippen LogP) is -0.0822. The highest BCUT2D eigenvalue weighted by molar-refractivity contribution is 5.83. The Bertz CT molecular complexity index is 728. The molecule has 1 aliphatic rings. The second-order valence-electron chi connectivity index (χ2n) is 4.75. The van der Waals surface area contributed by atoms with Gasteiger partial charge in [0, 0.05) is 25.6 Å². The summed E-state index contributed by atoms with van der Waals surface area (Å²) >= 11 is 0. The van der Waals surface area contributed by atoms with E-state index in [1.165, 1.54) is 11.7 Å². The molecule has 100 valence electrons.